The van der Waals surface area contributed by atoms with Crippen LogP contribution in [-0.4, -0.2) is 57.6 Å². The molecule has 3 N–H and O–H groups in total. The van der Waals surface area contributed by atoms with Gasteiger partial charge in [-0.3, -0.25) is 4.79 Å². The predicted octanol–water partition coefficient (Wildman–Crippen LogP) is 3.09. The second-order valence-electron chi connectivity index (χ2n) is 8.64. The van der Waals surface area contributed by atoms with E-state index in [-0.39, 0.29) is 81.1 Å². The molecule has 0 aliphatic carbocycles. The number of aliphatic hydroxyl groups is 1. The largest absolute Gasteiger partial charge is 0.479 e. The zero-order valence-electron chi connectivity index (χ0n) is 20.5. The van der Waals surface area contributed by atoms with Crippen molar-refractivity contribution in [2.45, 2.75) is 6.04 Å². The summed E-state index contributed by atoms with van der Waals surface area (Å²) in [5, 5.41) is 22.9. The van der Waals surface area contributed by atoms with Crippen LogP contribution in [-0.2, 0) is 0 Å². The van der Waals surface area contributed by atoms with Gasteiger partial charge in [0, 0.05) is 0 Å². The van der Waals surface area contributed by atoms with Crippen molar-refractivity contribution in [2.75, 3.05) is 6.61 Å². The maximum atomic E-state index is 12.9. The zero-order valence-corrected chi connectivity index (χ0v) is 20.5. The Morgan fingerprint density at radius 2 is 1.05 bits per heavy atom. The normalized spacial score (nSPS) is 14.5. The quantitative estimate of drug-likeness (QED) is 0.255. The number of fused-ring (bicyclic) bond motifs is 20. The highest BCUT2D eigenvalue weighted by atomic mass is 16.5. The second kappa shape index (κ2) is 8.86. The van der Waals surface area contributed by atoms with Crippen LogP contribution in [0, 0.1) is 0 Å². The Hall–Kier alpha value is -6.30. The number of oxazole rings is 7. The molecule has 1 aliphatic heterocycles. The van der Waals surface area contributed by atoms with E-state index >= 15 is 0 Å². The molecule has 1 amide bonds. The fourth-order valence-electron chi connectivity index (χ4n) is 3.97. The number of carbonyl (C=O) groups is 1. The summed E-state index contributed by atoms with van der Waals surface area (Å²) >= 11 is 0. The summed E-state index contributed by atoms with van der Waals surface area (Å²) in [6.45, 7) is -0.545. The van der Waals surface area contributed by atoms with Gasteiger partial charge in [0.15, 0.2) is 34.2 Å². The fourth-order valence-corrected chi connectivity index (χ4v) is 3.97. The monoisotopic (exact) mass is 572 g/mol. The molecule has 0 saturated carbocycles. The summed E-state index contributed by atoms with van der Waals surface area (Å²) < 4.78 is 38.1. The van der Waals surface area contributed by atoms with Gasteiger partial charge in [-0.1, -0.05) is 0 Å². The lowest BCUT2D eigenvalue weighted by Gasteiger charge is -2.11. The Morgan fingerprint density at radius 3 is 1.64 bits per heavy atom. The number of aromatic nitrogens is 7. The van der Waals surface area contributed by atoms with Crippen LogP contribution in [0.15, 0.2) is 68.5 Å². The Bertz CT molecular complexity index is 2090. The van der Waals surface area contributed by atoms with Gasteiger partial charge in [-0.05, 0) is 0 Å². The molecular weight excluding hydrogens is 560 g/mol. The van der Waals surface area contributed by atoms with Gasteiger partial charge in [-0.25, -0.2) is 29.9 Å². The molecule has 0 fully saturated rings. The van der Waals surface area contributed by atoms with Crippen LogP contribution in [0.5, 0.6) is 5.95 Å². The predicted molar refractivity (Wildman–Crippen MR) is 128 cm³/mol. The van der Waals surface area contributed by atoms with E-state index in [0.29, 0.717) is 0 Å². The topological polar surface area (TPSA) is 252 Å². The van der Waals surface area contributed by atoms with Crippen LogP contribution in [0.3, 0.4) is 0 Å². The van der Waals surface area contributed by atoms with Gasteiger partial charge in [0.1, 0.15) is 43.6 Å². The Balaban J connectivity index is 1.23. The van der Waals surface area contributed by atoms with Gasteiger partial charge >= 0.3 is 5.95 Å². The average Bonchev–Trinajstić information content (AvgIpc) is 3.84. The number of nitrogens with zero attached hydrogens (tertiary/aromatic N) is 7. The first-order valence-corrected chi connectivity index (χ1v) is 11.9. The van der Waals surface area contributed by atoms with E-state index < -0.39 is 24.5 Å². The fraction of sp³-hybridized carbons (Fsp3) is 0.0833. The minimum absolute atomic E-state index is 0.0232. The van der Waals surface area contributed by atoms with Crippen LogP contribution in [0.1, 0.15) is 22.4 Å². The highest BCUT2D eigenvalue weighted by Crippen LogP contribution is 2.35. The van der Waals surface area contributed by atoms with Crippen LogP contribution in [0.25, 0.3) is 69.5 Å². The smallest absolute Gasteiger partial charge is 0.316 e. The molecule has 0 saturated heterocycles. The van der Waals surface area contributed by atoms with Gasteiger partial charge in [0.2, 0.25) is 35.1 Å². The molecule has 8 heterocycles. The van der Waals surface area contributed by atoms with E-state index in [4.69, 9.17) is 30.9 Å². The molecule has 14 bridgehead atoms. The third-order valence-corrected chi connectivity index (χ3v) is 5.97. The van der Waals surface area contributed by atoms with E-state index in [1.165, 1.54) is 31.3 Å². The summed E-state index contributed by atoms with van der Waals surface area (Å²) in [6.07, 6.45) is 7.33. The van der Waals surface area contributed by atoms with Crippen molar-refractivity contribution in [2.24, 2.45) is 0 Å². The van der Waals surface area contributed by atoms with Crippen molar-refractivity contribution in [3.63, 3.8) is 0 Å². The minimum Gasteiger partial charge on any atom is -0.479 e. The van der Waals surface area contributed by atoms with Crippen molar-refractivity contribution in [3.05, 3.63) is 49.2 Å². The lowest BCUT2D eigenvalue weighted by atomic mass is 10.3. The van der Waals surface area contributed by atoms with Crippen LogP contribution < -0.4 is 5.32 Å². The average molecular weight is 572 g/mol. The van der Waals surface area contributed by atoms with Crippen molar-refractivity contribution in [1.82, 2.24) is 40.2 Å². The highest BCUT2D eigenvalue weighted by molar-refractivity contribution is 5.92. The maximum Gasteiger partial charge on any atom is 0.316 e. The molecule has 18 nitrogen and oxygen atoms in total. The van der Waals surface area contributed by atoms with E-state index in [0.717, 1.165) is 6.26 Å². The molecule has 0 radical (unpaired) electrons. The SMILES string of the molecule is O=C1NC(CO)c2nc(co2)-c2nc(co2)-c2nc(co2)-c2nc(c(O)o2)-c2nc(co2)-c2nc(co2)-c2nc1co2. The molecule has 1 aliphatic rings. The number of rotatable bonds is 1. The van der Waals surface area contributed by atoms with Gasteiger partial charge in [-0.2, -0.15) is 4.98 Å². The standard InChI is InChI=1S/C24H12N8O10/c33-1-8-17-27-11(3-37-17)19-29-12(5-38-19)20-30-14(7-40-20)22-32-15(24(35)42-22)23-31-13(6-41-23)21-28-10(4-39-21)18-26-9(2-36-18)16(34)25-8/h2-8,33,35H,1H2,(H,25,34). The minimum atomic E-state index is -1.04. The first-order chi connectivity index (χ1) is 20.5. The van der Waals surface area contributed by atoms with Crippen molar-refractivity contribution >= 4 is 5.91 Å². The highest BCUT2D eigenvalue weighted by Gasteiger charge is 2.27. The Morgan fingerprint density at radius 1 is 0.595 bits per heavy atom. The van der Waals surface area contributed by atoms with E-state index in [2.05, 4.69) is 40.2 Å². The van der Waals surface area contributed by atoms with Crippen molar-refractivity contribution in [1.29, 1.82) is 0 Å². The second-order valence-corrected chi connectivity index (χ2v) is 8.64. The van der Waals surface area contributed by atoms with Crippen molar-refractivity contribution in [3.8, 4) is 75.5 Å². The number of hydrogen-bond donors (Lipinski definition) is 3. The molecule has 42 heavy (non-hydrogen) atoms. The Kier molecular flexibility index (Phi) is 4.97. The number of carbonyl (C=O) groups excluding carboxylic acids is 1. The number of hydrogen-bond acceptors (Lipinski definition) is 17. The third-order valence-electron chi connectivity index (χ3n) is 5.97. The van der Waals surface area contributed by atoms with Crippen molar-refractivity contribution < 1.29 is 45.9 Å². The first-order valence-electron chi connectivity index (χ1n) is 11.9. The van der Waals surface area contributed by atoms with Crippen LogP contribution in [0.4, 0.5) is 0 Å². The molecule has 8 rings (SSSR count). The van der Waals surface area contributed by atoms with E-state index in [1.54, 1.807) is 0 Å². The molecular formula is C24H12N8O10. The van der Waals surface area contributed by atoms with Crippen LogP contribution >= 0.6 is 0 Å². The third kappa shape index (κ3) is 3.78. The number of nitrogens with one attached hydrogen (secondary N) is 1. The molecule has 208 valence electrons. The first kappa shape index (κ1) is 23.6. The number of aliphatic hydroxyl groups excluding tert-OH is 1. The summed E-state index contributed by atoms with van der Waals surface area (Å²) in [7, 11) is 0. The molecule has 1 atom stereocenters. The summed E-state index contributed by atoms with van der Waals surface area (Å²) in [4.78, 5) is 42.6. The summed E-state index contributed by atoms with van der Waals surface area (Å²) in [5.74, 6) is -1.41. The summed E-state index contributed by atoms with van der Waals surface area (Å²) in [6, 6.07) is -1.04. The molecule has 18 heteroatoms. The lowest BCUT2D eigenvalue weighted by molar-refractivity contribution is 0.0899. The zero-order chi connectivity index (χ0) is 28.4. The van der Waals surface area contributed by atoms with Gasteiger partial charge in [0.05, 0.1) is 6.61 Å². The number of aromatic hydroxyl groups is 1. The molecule has 7 aromatic heterocycles. The molecule has 0 aromatic carbocycles. The maximum absolute atomic E-state index is 12.9. The number of amides is 1. The molecule has 0 spiro atoms. The summed E-state index contributed by atoms with van der Waals surface area (Å²) in [5.41, 5.74) is 0.574. The Labute approximate surface area is 229 Å². The van der Waals surface area contributed by atoms with E-state index in [1.807, 2.05) is 0 Å². The van der Waals surface area contributed by atoms with Gasteiger partial charge in [-0.15, -0.1) is 0 Å². The molecule has 7 aromatic rings. The lowest BCUT2D eigenvalue weighted by Crippen LogP contribution is -2.31. The molecule has 1 unspecified atom stereocenters. The van der Waals surface area contributed by atoms with Crippen LogP contribution in [0.2, 0.25) is 0 Å². The van der Waals surface area contributed by atoms with E-state index in [9.17, 15) is 15.0 Å². The van der Waals surface area contributed by atoms with Gasteiger partial charge < -0.3 is 46.4 Å². The van der Waals surface area contributed by atoms with Gasteiger partial charge in [0.25, 0.3) is 17.7 Å².